The van der Waals surface area contributed by atoms with Gasteiger partial charge in [-0.2, -0.15) is 0 Å². The maximum atomic E-state index is 11.6. The van der Waals surface area contributed by atoms with E-state index in [-0.39, 0.29) is 5.92 Å². The third kappa shape index (κ3) is 2.74. The molecule has 1 radical (unpaired) electrons. The Balaban J connectivity index is 2.10. The predicted molar refractivity (Wildman–Crippen MR) is 78.4 cm³/mol. The van der Waals surface area contributed by atoms with Gasteiger partial charge in [-0.25, -0.2) is 0 Å². The van der Waals surface area contributed by atoms with Crippen LogP contribution in [0.15, 0.2) is 0 Å². The van der Waals surface area contributed by atoms with Gasteiger partial charge in [-0.05, 0) is 57.5 Å². The monoisotopic (exact) mass is 281 g/mol. The fourth-order valence-electron chi connectivity index (χ4n) is 4.39. The predicted octanol–water partition coefficient (Wildman–Crippen LogP) is 0.555. The molecular weight excluding hydrogens is 255 g/mol. The molecule has 2 aliphatic carbocycles. The first-order chi connectivity index (χ1) is 9.40. The van der Waals surface area contributed by atoms with E-state index >= 15 is 0 Å². The first kappa shape index (κ1) is 15.8. The molecule has 0 aromatic heterocycles. The maximum Gasteiger partial charge on any atom is 0.323 e. The molecule has 0 spiro atoms. The molecule has 0 bridgehead atoms. The first-order valence-corrected chi connectivity index (χ1v) is 7.54. The zero-order chi connectivity index (χ0) is 14.9. The molecule has 0 unspecified atom stereocenters. The van der Waals surface area contributed by atoms with E-state index in [1.807, 2.05) is 0 Å². The molecule has 0 heterocycles. The Morgan fingerprint density at radius 3 is 2.70 bits per heavy atom. The van der Waals surface area contributed by atoms with Crippen molar-refractivity contribution in [2.24, 2.45) is 23.5 Å². The van der Waals surface area contributed by atoms with Gasteiger partial charge >= 0.3 is 5.97 Å². The van der Waals surface area contributed by atoms with Gasteiger partial charge in [-0.3, -0.25) is 4.79 Å². The average molecular weight is 281 g/mol. The summed E-state index contributed by atoms with van der Waals surface area (Å²) in [7, 11) is 5.34. The minimum atomic E-state index is -1.07. The Bertz CT molecular complexity index is 366. The molecule has 0 saturated heterocycles. The van der Waals surface area contributed by atoms with Crippen molar-refractivity contribution in [2.75, 3.05) is 14.1 Å². The standard InChI is InChI=1S/C14H26BN2O3/c1-17(2)10-6-9-8-14(16,13(18)19)12(11(9)7-10)4-3-5-15-20/h9-12,20H,3-8,16H2,1-2H3,(H,18,19)/t9-,10-,11-,12+,14+/m1/s1. The number of nitrogens with zero attached hydrogens (tertiary/aromatic N) is 1. The fraction of sp³-hybridized carbons (Fsp3) is 0.929. The summed E-state index contributed by atoms with van der Waals surface area (Å²) < 4.78 is 0. The minimum absolute atomic E-state index is 0.0369. The zero-order valence-corrected chi connectivity index (χ0v) is 12.5. The van der Waals surface area contributed by atoms with Crippen LogP contribution in [0.4, 0.5) is 0 Å². The van der Waals surface area contributed by atoms with E-state index in [1.54, 1.807) is 0 Å². The Morgan fingerprint density at radius 1 is 1.45 bits per heavy atom. The van der Waals surface area contributed by atoms with Crippen LogP contribution in [0.3, 0.4) is 0 Å². The number of hydrogen-bond donors (Lipinski definition) is 3. The Hall–Kier alpha value is -0.585. The van der Waals surface area contributed by atoms with Crippen molar-refractivity contribution in [3.63, 3.8) is 0 Å². The van der Waals surface area contributed by atoms with E-state index in [9.17, 15) is 9.90 Å². The van der Waals surface area contributed by atoms with Gasteiger partial charge in [0.25, 0.3) is 7.48 Å². The van der Waals surface area contributed by atoms with Crippen LogP contribution in [0.5, 0.6) is 0 Å². The molecule has 2 aliphatic rings. The van der Waals surface area contributed by atoms with Gasteiger partial charge in [-0.15, -0.1) is 0 Å². The van der Waals surface area contributed by atoms with Crippen LogP contribution in [0.1, 0.15) is 32.1 Å². The lowest BCUT2D eigenvalue weighted by Gasteiger charge is -2.31. The highest BCUT2D eigenvalue weighted by molar-refractivity contribution is 6.25. The molecule has 5 nitrogen and oxygen atoms in total. The molecule has 2 rings (SSSR count). The molecule has 20 heavy (non-hydrogen) atoms. The number of nitrogens with two attached hydrogens (primary N) is 1. The molecule has 2 fully saturated rings. The average Bonchev–Trinajstić information content (AvgIpc) is 2.87. The van der Waals surface area contributed by atoms with Crippen LogP contribution in [-0.4, -0.2) is 54.2 Å². The third-order valence-corrected chi connectivity index (χ3v) is 5.48. The Labute approximate surface area is 121 Å². The molecule has 113 valence electrons. The summed E-state index contributed by atoms with van der Waals surface area (Å²) in [5.74, 6) is 0.0370. The van der Waals surface area contributed by atoms with Crippen LogP contribution in [0.25, 0.3) is 0 Å². The Kier molecular flexibility index (Phi) is 4.77. The summed E-state index contributed by atoms with van der Waals surface area (Å²) in [6.45, 7) is 0. The summed E-state index contributed by atoms with van der Waals surface area (Å²) in [5.41, 5.74) is 5.19. The van der Waals surface area contributed by atoms with Gasteiger partial charge in [0.1, 0.15) is 5.54 Å². The largest absolute Gasteiger partial charge is 0.480 e. The summed E-state index contributed by atoms with van der Waals surface area (Å²) in [6, 6.07) is 0.551. The number of aliphatic carboxylic acids is 1. The second-order valence-corrected chi connectivity index (χ2v) is 6.78. The van der Waals surface area contributed by atoms with E-state index in [2.05, 4.69) is 19.0 Å². The normalized spacial score (nSPS) is 40.0. The fourth-order valence-corrected chi connectivity index (χ4v) is 4.39. The highest BCUT2D eigenvalue weighted by Crippen LogP contribution is 2.54. The lowest BCUT2D eigenvalue weighted by Crippen LogP contribution is -2.52. The lowest BCUT2D eigenvalue weighted by atomic mass is 9.77. The minimum Gasteiger partial charge on any atom is -0.480 e. The molecular formula is C14H26BN2O3. The molecule has 0 aromatic rings. The quantitative estimate of drug-likeness (QED) is 0.489. The summed E-state index contributed by atoms with van der Waals surface area (Å²) >= 11 is 0. The SMILES string of the molecule is CN(C)[C@@H]1C[C@@H]2C[C@@](N)(C(=O)O)[C@@H](CCC[B]O)[C@@H]2C1. The topological polar surface area (TPSA) is 86.8 Å². The van der Waals surface area contributed by atoms with Crippen molar-refractivity contribution < 1.29 is 14.9 Å². The Morgan fingerprint density at radius 2 is 2.15 bits per heavy atom. The highest BCUT2D eigenvalue weighted by Gasteiger charge is 2.58. The van der Waals surface area contributed by atoms with Gasteiger partial charge in [0, 0.05) is 6.04 Å². The van der Waals surface area contributed by atoms with Crippen molar-refractivity contribution in [1.29, 1.82) is 0 Å². The van der Waals surface area contributed by atoms with Gasteiger partial charge in [0.05, 0.1) is 0 Å². The van der Waals surface area contributed by atoms with E-state index in [4.69, 9.17) is 10.8 Å². The van der Waals surface area contributed by atoms with Crippen LogP contribution in [-0.2, 0) is 4.79 Å². The van der Waals surface area contributed by atoms with Crippen molar-refractivity contribution in [1.82, 2.24) is 4.90 Å². The zero-order valence-electron chi connectivity index (χ0n) is 12.5. The number of carboxylic acids is 1. The van der Waals surface area contributed by atoms with Gasteiger partial charge < -0.3 is 20.8 Å². The number of hydrogen-bond acceptors (Lipinski definition) is 4. The van der Waals surface area contributed by atoms with E-state index in [1.165, 1.54) is 0 Å². The molecule has 5 atom stereocenters. The summed E-state index contributed by atoms with van der Waals surface area (Å²) in [5, 5.41) is 18.3. The van der Waals surface area contributed by atoms with Gasteiger partial charge in [0.15, 0.2) is 0 Å². The molecule has 2 saturated carbocycles. The van der Waals surface area contributed by atoms with Crippen molar-refractivity contribution in [2.45, 2.75) is 50.0 Å². The number of carboxylic acid groups (broad SMARTS) is 1. The molecule has 0 amide bonds. The molecule has 0 aliphatic heterocycles. The van der Waals surface area contributed by atoms with Crippen molar-refractivity contribution in [3.05, 3.63) is 0 Å². The van der Waals surface area contributed by atoms with Crippen LogP contribution >= 0.6 is 0 Å². The van der Waals surface area contributed by atoms with E-state index < -0.39 is 11.5 Å². The first-order valence-electron chi connectivity index (χ1n) is 7.54. The van der Waals surface area contributed by atoms with Crippen LogP contribution < -0.4 is 5.73 Å². The lowest BCUT2D eigenvalue weighted by molar-refractivity contribution is -0.145. The summed E-state index contributed by atoms with van der Waals surface area (Å²) in [6.07, 6.45) is 4.93. The van der Waals surface area contributed by atoms with Gasteiger partial charge in [-0.1, -0.05) is 12.7 Å². The van der Waals surface area contributed by atoms with Crippen molar-refractivity contribution in [3.8, 4) is 0 Å². The second-order valence-electron chi connectivity index (χ2n) is 6.78. The number of fused-ring (bicyclic) bond motifs is 1. The van der Waals surface area contributed by atoms with Crippen LogP contribution in [0.2, 0.25) is 6.32 Å². The molecule has 0 aromatic carbocycles. The van der Waals surface area contributed by atoms with Crippen molar-refractivity contribution >= 4 is 13.5 Å². The highest BCUT2D eigenvalue weighted by atomic mass is 16.4. The number of carbonyl (C=O) groups is 1. The molecule has 4 N–H and O–H groups in total. The summed E-state index contributed by atoms with van der Waals surface area (Å²) in [4.78, 5) is 13.9. The smallest absolute Gasteiger partial charge is 0.323 e. The van der Waals surface area contributed by atoms with E-state index in [0.717, 1.165) is 33.2 Å². The van der Waals surface area contributed by atoms with Crippen LogP contribution in [0, 0.1) is 17.8 Å². The third-order valence-electron chi connectivity index (χ3n) is 5.48. The van der Waals surface area contributed by atoms with Gasteiger partial charge in [0.2, 0.25) is 0 Å². The van der Waals surface area contributed by atoms with E-state index in [0.29, 0.717) is 30.6 Å². The second kappa shape index (κ2) is 6.04. The number of rotatable bonds is 6. The molecule has 6 heteroatoms. The maximum absolute atomic E-state index is 11.6.